The van der Waals surface area contributed by atoms with Gasteiger partial charge in [0.25, 0.3) is 0 Å². The van der Waals surface area contributed by atoms with Gasteiger partial charge in [0.15, 0.2) is 0 Å². The molecule has 1 unspecified atom stereocenters. The highest BCUT2D eigenvalue weighted by atomic mass is 32.1. The van der Waals surface area contributed by atoms with Crippen molar-refractivity contribution in [3.05, 3.63) is 15.6 Å². The molecule has 0 saturated carbocycles. The highest BCUT2D eigenvalue weighted by Crippen LogP contribution is 2.36. The molecule has 1 aliphatic rings. The molecule has 2 rings (SSSR count). The molecule has 1 N–H and O–H groups in total. The van der Waals surface area contributed by atoms with E-state index in [4.69, 9.17) is 9.72 Å². The summed E-state index contributed by atoms with van der Waals surface area (Å²) in [7, 11) is 3.98. The number of aryl methyl sites for hydroxylation is 2. The first kappa shape index (κ1) is 16.9. The Hall–Kier alpha value is -0.490. The number of thiazole rings is 1. The molecule has 0 spiro atoms. The van der Waals surface area contributed by atoms with E-state index >= 15 is 0 Å². The van der Waals surface area contributed by atoms with E-state index in [1.807, 2.05) is 11.3 Å². The van der Waals surface area contributed by atoms with E-state index < -0.39 is 0 Å². The van der Waals surface area contributed by atoms with E-state index in [1.54, 1.807) is 7.11 Å². The molecule has 1 atom stereocenters. The van der Waals surface area contributed by atoms with Crippen LogP contribution in [0.2, 0.25) is 0 Å². The summed E-state index contributed by atoms with van der Waals surface area (Å²) < 4.78 is 5.23. The van der Waals surface area contributed by atoms with Gasteiger partial charge in [0.05, 0.1) is 17.8 Å². The molecule has 0 radical (unpaired) electrons. The summed E-state index contributed by atoms with van der Waals surface area (Å²) in [6.07, 6.45) is 4.54. The van der Waals surface area contributed by atoms with Crippen LogP contribution in [-0.2, 0) is 16.7 Å². The van der Waals surface area contributed by atoms with Gasteiger partial charge in [-0.3, -0.25) is 0 Å². The zero-order chi connectivity index (χ0) is 15.3. The van der Waals surface area contributed by atoms with Gasteiger partial charge in [0, 0.05) is 25.1 Å². The molecule has 1 aromatic rings. The summed E-state index contributed by atoms with van der Waals surface area (Å²) in [4.78, 5) is 8.77. The molecule has 0 aliphatic carbocycles. The van der Waals surface area contributed by atoms with Crippen molar-refractivity contribution in [2.75, 3.05) is 40.4 Å². The molecule has 0 amide bonds. The maximum atomic E-state index is 5.23. The Labute approximate surface area is 132 Å². The van der Waals surface area contributed by atoms with E-state index in [9.17, 15) is 0 Å². The summed E-state index contributed by atoms with van der Waals surface area (Å²) in [6, 6.07) is 0. The summed E-state index contributed by atoms with van der Waals surface area (Å²) in [5, 5.41) is 5.05. The Kier molecular flexibility index (Phi) is 6.17. The predicted molar refractivity (Wildman–Crippen MR) is 89.1 cm³/mol. The first-order valence-corrected chi connectivity index (χ1v) is 8.82. The summed E-state index contributed by atoms with van der Waals surface area (Å²) >= 11 is 1.88. The van der Waals surface area contributed by atoms with Gasteiger partial charge in [-0.15, -0.1) is 11.3 Å². The number of hydrogen-bond acceptors (Lipinski definition) is 5. The lowest BCUT2D eigenvalue weighted by Gasteiger charge is -2.32. The molecule has 1 fully saturated rings. The van der Waals surface area contributed by atoms with Crippen molar-refractivity contribution in [1.82, 2.24) is 15.2 Å². The lowest BCUT2D eigenvalue weighted by Crippen LogP contribution is -2.44. The molecule has 1 aromatic heterocycles. The molecule has 0 bridgehead atoms. The highest BCUT2D eigenvalue weighted by Gasteiger charge is 2.36. The molecule has 2 heterocycles. The molecule has 1 aliphatic heterocycles. The molecule has 0 aromatic carbocycles. The minimum absolute atomic E-state index is 0.0339. The number of ether oxygens (including phenoxy) is 1. The van der Waals surface area contributed by atoms with Crippen molar-refractivity contribution in [3.63, 3.8) is 0 Å². The van der Waals surface area contributed by atoms with Crippen molar-refractivity contribution in [1.29, 1.82) is 0 Å². The van der Waals surface area contributed by atoms with Crippen LogP contribution in [0.15, 0.2) is 0 Å². The average molecular weight is 311 g/mol. The number of methoxy groups -OCH3 is 1. The molecule has 21 heavy (non-hydrogen) atoms. The monoisotopic (exact) mass is 311 g/mol. The Morgan fingerprint density at radius 3 is 2.86 bits per heavy atom. The minimum Gasteiger partial charge on any atom is -0.383 e. The summed E-state index contributed by atoms with van der Waals surface area (Å²) in [5.74, 6) is 0. The van der Waals surface area contributed by atoms with E-state index in [1.165, 1.54) is 28.5 Å². The fourth-order valence-corrected chi connectivity index (χ4v) is 4.31. The lowest BCUT2D eigenvalue weighted by molar-refractivity contribution is 0.177. The third kappa shape index (κ3) is 4.03. The number of hydrogen-bond donors (Lipinski definition) is 1. The first-order valence-electron chi connectivity index (χ1n) is 8.00. The highest BCUT2D eigenvalue weighted by molar-refractivity contribution is 7.11. The first-order chi connectivity index (χ1) is 10.1. The molecule has 4 nitrogen and oxygen atoms in total. The van der Waals surface area contributed by atoms with Crippen LogP contribution in [0.4, 0.5) is 0 Å². The van der Waals surface area contributed by atoms with Gasteiger partial charge in [-0.1, -0.05) is 6.92 Å². The lowest BCUT2D eigenvalue weighted by atomic mass is 9.91. The Balaban J connectivity index is 2.24. The summed E-state index contributed by atoms with van der Waals surface area (Å²) in [5.41, 5.74) is 1.30. The molecule has 5 heteroatoms. The van der Waals surface area contributed by atoms with Gasteiger partial charge in [-0.25, -0.2) is 4.98 Å². The van der Waals surface area contributed by atoms with Crippen LogP contribution in [0.25, 0.3) is 0 Å². The maximum absolute atomic E-state index is 5.23. The molecule has 1 saturated heterocycles. The Morgan fingerprint density at radius 1 is 1.38 bits per heavy atom. The van der Waals surface area contributed by atoms with Crippen LogP contribution in [0, 0.1) is 6.92 Å². The second-order valence-corrected chi connectivity index (χ2v) is 7.24. The van der Waals surface area contributed by atoms with Crippen LogP contribution < -0.4 is 5.32 Å². The SMILES string of the molecule is CCc1nc(C2(NCCOC)CCCN(C)CC2)sc1C. The fraction of sp³-hybridized carbons (Fsp3) is 0.812. The number of aromatic nitrogens is 1. The van der Waals surface area contributed by atoms with Gasteiger partial charge >= 0.3 is 0 Å². The van der Waals surface area contributed by atoms with Gasteiger partial charge in [-0.2, -0.15) is 0 Å². The van der Waals surface area contributed by atoms with Gasteiger partial charge in [-0.05, 0) is 46.2 Å². The number of nitrogens with zero attached hydrogens (tertiary/aromatic N) is 2. The Morgan fingerprint density at radius 2 is 2.19 bits per heavy atom. The standard InChI is InChI=1S/C16H29N3OS/c1-5-14-13(2)21-15(18-14)16(17-9-12-20-4)7-6-10-19(3)11-8-16/h17H,5-12H2,1-4H3. The van der Waals surface area contributed by atoms with E-state index in [0.29, 0.717) is 0 Å². The molecular weight excluding hydrogens is 282 g/mol. The van der Waals surface area contributed by atoms with E-state index in [2.05, 4.69) is 31.1 Å². The second kappa shape index (κ2) is 7.68. The van der Waals surface area contributed by atoms with Crippen LogP contribution in [0.1, 0.15) is 41.8 Å². The number of nitrogens with one attached hydrogen (secondary N) is 1. The number of likely N-dealkylation sites (tertiary alicyclic amines) is 1. The van der Waals surface area contributed by atoms with Crippen LogP contribution in [0.5, 0.6) is 0 Å². The van der Waals surface area contributed by atoms with E-state index in [-0.39, 0.29) is 5.54 Å². The fourth-order valence-electron chi connectivity index (χ4n) is 3.09. The van der Waals surface area contributed by atoms with Gasteiger partial charge in [0.2, 0.25) is 0 Å². The normalized spacial score (nSPS) is 24.2. The molecule has 120 valence electrons. The van der Waals surface area contributed by atoms with Crippen LogP contribution in [0.3, 0.4) is 0 Å². The second-order valence-electron chi connectivity index (χ2n) is 6.03. The average Bonchev–Trinajstić information content (AvgIpc) is 2.75. The largest absolute Gasteiger partial charge is 0.383 e. The van der Waals surface area contributed by atoms with Crippen molar-refractivity contribution >= 4 is 11.3 Å². The van der Waals surface area contributed by atoms with Crippen molar-refractivity contribution in [2.45, 2.75) is 45.1 Å². The van der Waals surface area contributed by atoms with Crippen LogP contribution >= 0.6 is 11.3 Å². The number of rotatable bonds is 6. The topological polar surface area (TPSA) is 37.4 Å². The Bertz CT molecular complexity index is 449. The van der Waals surface area contributed by atoms with Crippen molar-refractivity contribution < 1.29 is 4.74 Å². The molecular formula is C16H29N3OS. The van der Waals surface area contributed by atoms with Crippen molar-refractivity contribution in [3.8, 4) is 0 Å². The minimum atomic E-state index is 0.0339. The van der Waals surface area contributed by atoms with Gasteiger partial charge < -0.3 is 15.0 Å². The zero-order valence-electron chi connectivity index (χ0n) is 13.9. The third-order valence-electron chi connectivity index (χ3n) is 4.47. The smallest absolute Gasteiger partial charge is 0.113 e. The zero-order valence-corrected chi connectivity index (χ0v) is 14.7. The van der Waals surface area contributed by atoms with Gasteiger partial charge in [0.1, 0.15) is 5.01 Å². The quantitative estimate of drug-likeness (QED) is 0.819. The maximum Gasteiger partial charge on any atom is 0.113 e. The van der Waals surface area contributed by atoms with Crippen LogP contribution in [-0.4, -0.2) is 50.3 Å². The van der Waals surface area contributed by atoms with E-state index in [0.717, 1.165) is 39.0 Å². The summed E-state index contributed by atoms with van der Waals surface area (Å²) in [6.45, 7) is 8.34. The third-order valence-corrected chi connectivity index (χ3v) is 5.69. The van der Waals surface area contributed by atoms with Crippen molar-refractivity contribution in [2.24, 2.45) is 0 Å². The predicted octanol–water partition coefficient (Wildman–Crippen LogP) is 2.56.